The molecule has 5 heteroatoms. The number of carbonyl (C=O) groups is 2. The van der Waals surface area contributed by atoms with Crippen LogP contribution >= 0.6 is 11.3 Å². The molecule has 0 fully saturated rings. The average molecular weight is 307 g/mol. The number of nitrogens with zero attached hydrogens (tertiary/aromatic N) is 1. The molecule has 0 unspecified atom stereocenters. The highest BCUT2D eigenvalue weighted by molar-refractivity contribution is 7.11. The predicted octanol–water partition coefficient (Wildman–Crippen LogP) is 3.75. The number of aliphatic hydroxyl groups is 1. The molecule has 0 saturated carbocycles. The largest absolute Gasteiger partial charge is 0.502 e. The minimum atomic E-state index is -0.558. The summed E-state index contributed by atoms with van der Waals surface area (Å²) in [6, 6.07) is 3.55. The number of hydrogen-bond acceptors (Lipinski definition) is 4. The highest BCUT2D eigenvalue weighted by Gasteiger charge is 2.39. The first kappa shape index (κ1) is 15.8. The van der Waals surface area contributed by atoms with Crippen LogP contribution in [0.1, 0.15) is 50.3 Å². The number of unbranched alkanes of at least 4 members (excludes halogenated alkanes) is 5. The molecule has 0 spiro atoms. The minimum Gasteiger partial charge on any atom is -0.502 e. The van der Waals surface area contributed by atoms with Crippen LogP contribution in [0.5, 0.6) is 0 Å². The Morgan fingerprint density at radius 1 is 1.10 bits per heavy atom. The molecule has 0 bridgehead atoms. The number of imide groups is 1. The molecule has 0 atom stereocenters. The predicted molar refractivity (Wildman–Crippen MR) is 84.0 cm³/mol. The van der Waals surface area contributed by atoms with Gasteiger partial charge < -0.3 is 5.11 Å². The van der Waals surface area contributed by atoms with E-state index in [0.29, 0.717) is 11.4 Å². The van der Waals surface area contributed by atoms with Crippen molar-refractivity contribution in [1.82, 2.24) is 4.90 Å². The van der Waals surface area contributed by atoms with Gasteiger partial charge in [0.25, 0.3) is 11.8 Å². The van der Waals surface area contributed by atoms with Crippen molar-refractivity contribution in [2.24, 2.45) is 0 Å². The Hall–Kier alpha value is -1.62. The van der Waals surface area contributed by atoms with E-state index in [1.165, 1.54) is 35.5 Å². The van der Waals surface area contributed by atoms with Gasteiger partial charge in [-0.25, -0.2) is 0 Å². The normalized spacial score (nSPS) is 15.4. The molecule has 114 valence electrons. The van der Waals surface area contributed by atoms with Crippen molar-refractivity contribution in [3.05, 3.63) is 28.1 Å². The standard InChI is InChI=1S/C16H21NO3S/c1-2-3-4-5-6-7-10-17-15(19)13(14(18)16(17)20)12-9-8-11-21-12/h8-9,11,18H,2-7,10H2,1H3. The van der Waals surface area contributed by atoms with Crippen LogP contribution in [0.15, 0.2) is 23.3 Å². The van der Waals surface area contributed by atoms with E-state index in [2.05, 4.69) is 6.92 Å². The smallest absolute Gasteiger partial charge is 0.296 e. The Balaban J connectivity index is 1.90. The van der Waals surface area contributed by atoms with Crippen LogP contribution in [-0.4, -0.2) is 28.4 Å². The maximum absolute atomic E-state index is 12.3. The molecule has 2 rings (SSSR count). The van der Waals surface area contributed by atoms with Crippen LogP contribution in [0, 0.1) is 0 Å². The van der Waals surface area contributed by atoms with E-state index in [4.69, 9.17) is 0 Å². The van der Waals surface area contributed by atoms with Gasteiger partial charge in [0.05, 0.1) is 0 Å². The first-order valence-corrected chi connectivity index (χ1v) is 8.38. The third kappa shape index (κ3) is 3.53. The molecule has 1 aromatic rings. The van der Waals surface area contributed by atoms with Gasteiger partial charge in [0, 0.05) is 11.4 Å². The molecule has 1 aromatic heterocycles. The first-order chi connectivity index (χ1) is 10.2. The lowest BCUT2D eigenvalue weighted by Crippen LogP contribution is -2.32. The average Bonchev–Trinajstić information content (AvgIpc) is 3.05. The van der Waals surface area contributed by atoms with Crippen LogP contribution in [-0.2, 0) is 9.59 Å². The molecule has 2 heterocycles. The van der Waals surface area contributed by atoms with Crippen molar-refractivity contribution >= 4 is 28.7 Å². The lowest BCUT2D eigenvalue weighted by atomic mass is 10.1. The van der Waals surface area contributed by atoms with Gasteiger partial charge in [-0.1, -0.05) is 45.1 Å². The number of carbonyl (C=O) groups excluding carboxylic acids is 2. The van der Waals surface area contributed by atoms with Gasteiger partial charge in [0.15, 0.2) is 5.76 Å². The van der Waals surface area contributed by atoms with Gasteiger partial charge in [-0.3, -0.25) is 14.5 Å². The van der Waals surface area contributed by atoms with Gasteiger partial charge in [0.1, 0.15) is 5.57 Å². The van der Waals surface area contributed by atoms with E-state index < -0.39 is 11.7 Å². The fourth-order valence-electron chi connectivity index (χ4n) is 2.46. The maximum atomic E-state index is 12.3. The van der Waals surface area contributed by atoms with Crippen molar-refractivity contribution in [2.75, 3.05) is 6.54 Å². The Morgan fingerprint density at radius 2 is 1.81 bits per heavy atom. The summed E-state index contributed by atoms with van der Waals surface area (Å²) in [5.74, 6) is -1.33. The number of rotatable bonds is 8. The summed E-state index contributed by atoms with van der Waals surface area (Å²) in [6.07, 6.45) is 6.56. The van der Waals surface area contributed by atoms with Gasteiger partial charge in [-0.2, -0.15) is 0 Å². The van der Waals surface area contributed by atoms with Crippen molar-refractivity contribution in [3.63, 3.8) is 0 Å². The van der Waals surface area contributed by atoms with Crippen LogP contribution in [0.3, 0.4) is 0 Å². The summed E-state index contributed by atoms with van der Waals surface area (Å²) in [5, 5.41) is 11.7. The lowest BCUT2D eigenvalue weighted by molar-refractivity contribution is -0.138. The number of thiophene rings is 1. The quantitative estimate of drug-likeness (QED) is 0.588. The van der Waals surface area contributed by atoms with E-state index in [9.17, 15) is 14.7 Å². The molecule has 0 aromatic carbocycles. The molecule has 1 aliphatic rings. The molecule has 21 heavy (non-hydrogen) atoms. The zero-order valence-electron chi connectivity index (χ0n) is 12.3. The number of amides is 2. The number of aliphatic hydroxyl groups excluding tert-OH is 1. The van der Waals surface area contributed by atoms with Gasteiger partial charge in [0.2, 0.25) is 0 Å². The number of hydrogen-bond donors (Lipinski definition) is 1. The Kier molecular flexibility index (Phi) is 5.56. The van der Waals surface area contributed by atoms with Crippen LogP contribution in [0.2, 0.25) is 0 Å². The van der Waals surface area contributed by atoms with E-state index in [-0.39, 0.29) is 11.5 Å². The van der Waals surface area contributed by atoms with Crippen molar-refractivity contribution in [2.45, 2.75) is 45.4 Å². The van der Waals surface area contributed by atoms with Crippen molar-refractivity contribution < 1.29 is 14.7 Å². The second-order valence-electron chi connectivity index (χ2n) is 5.23. The van der Waals surface area contributed by atoms with E-state index in [0.717, 1.165) is 19.3 Å². The third-order valence-corrected chi connectivity index (χ3v) is 4.53. The molecular formula is C16H21NO3S. The summed E-state index contributed by atoms with van der Waals surface area (Å²) in [4.78, 5) is 26.1. The fraction of sp³-hybridized carbons (Fsp3) is 0.500. The van der Waals surface area contributed by atoms with Crippen LogP contribution < -0.4 is 0 Å². The zero-order chi connectivity index (χ0) is 15.2. The SMILES string of the molecule is CCCCCCCCN1C(=O)C(O)=C(c2cccs2)C1=O. The Labute approximate surface area is 129 Å². The fourth-order valence-corrected chi connectivity index (χ4v) is 3.22. The zero-order valence-corrected chi connectivity index (χ0v) is 13.1. The lowest BCUT2D eigenvalue weighted by Gasteiger charge is -2.13. The van der Waals surface area contributed by atoms with E-state index >= 15 is 0 Å². The monoisotopic (exact) mass is 307 g/mol. The first-order valence-electron chi connectivity index (χ1n) is 7.50. The highest BCUT2D eigenvalue weighted by Crippen LogP contribution is 2.30. The molecule has 1 N–H and O–H groups in total. The minimum absolute atomic E-state index is 0.154. The molecule has 0 radical (unpaired) electrons. The van der Waals surface area contributed by atoms with E-state index in [1.54, 1.807) is 12.1 Å². The third-order valence-electron chi connectivity index (χ3n) is 3.65. The van der Waals surface area contributed by atoms with Crippen LogP contribution in [0.4, 0.5) is 0 Å². The molecule has 0 aliphatic carbocycles. The highest BCUT2D eigenvalue weighted by atomic mass is 32.1. The second kappa shape index (κ2) is 7.41. The molecule has 4 nitrogen and oxygen atoms in total. The molecular weight excluding hydrogens is 286 g/mol. The Morgan fingerprint density at radius 3 is 2.48 bits per heavy atom. The summed E-state index contributed by atoms with van der Waals surface area (Å²) in [5.41, 5.74) is 0.154. The van der Waals surface area contributed by atoms with E-state index in [1.807, 2.05) is 5.38 Å². The summed E-state index contributed by atoms with van der Waals surface area (Å²) < 4.78 is 0. The summed E-state index contributed by atoms with van der Waals surface area (Å²) >= 11 is 1.35. The summed E-state index contributed by atoms with van der Waals surface area (Å²) in [7, 11) is 0. The second-order valence-corrected chi connectivity index (χ2v) is 6.18. The topological polar surface area (TPSA) is 57.6 Å². The molecule has 1 aliphatic heterocycles. The van der Waals surface area contributed by atoms with Crippen LogP contribution in [0.25, 0.3) is 5.57 Å². The molecule has 2 amide bonds. The van der Waals surface area contributed by atoms with Gasteiger partial charge in [-0.15, -0.1) is 11.3 Å². The van der Waals surface area contributed by atoms with Crippen molar-refractivity contribution in [3.8, 4) is 0 Å². The summed E-state index contributed by atoms with van der Waals surface area (Å²) in [6.45, 7) is 2.56. The van der Waals surface area contributed by atoms with Gasteiger partial charge >= 0.3 is 0 Å². The molecule has 0 saturated heterocycles. The van der Waals surface area contributed by atoms with Gasteiger partial charge in [-0.05, 0) is 17.9 Å². The Bertz CT molecular complexity index is 534. The van der Waals surface area contributed by atoms with Crippen molar-refractivity contribution in [1.29, 1.82) is 0 Å². The maximum Gasteiger partial charge on any atom is 0.296 e.